The number of amides is 1. The lowest BCUT2D eigenvalue weighted by Crippen LogP contribution is -2.67. The Morgan fingerprint density at radius 2 is 1.92 bits per heavy atom. The number of nitrogens with zero attached hydrogens (tertiary/aromatic N) is 1. The average molecular weight is 501 g/mol. The first-order valence-electron chi connectivity index (χ1n) is 14.4. The minimum absolute atomic E-state index is 0.0185. The number of nitrogens with one attached hydrogen (secondary N) is 1. The lowest BCUT2D eigenvalue weighted by atomic mass is 9.42. The Labute approximate surface area is 215 Å². The molecule has 4 saturated carbocycles. The van der Waals surface area contributed by atoms with Gasteiger partial charge in [-0.05, 0) is 105 Å². The minimum Gasteiger partial charge on any atom is -0.458 e. The highest BCUT2D eigenvalue weighted by Gasteiger charge is 2.70. The van der Waals surface area contributed by atoms with Crippen molar-refractivity contribution in [2.75, 3.05) is 20.2 Å². The van der Waals surface area contributed by atoms with Gasteiger partial charge in [0.25, 0.3) is 0 Å². The number of rotatable bonds is 3. The third-order valence-electron chi connectivity index (χ3n) is 12.3. The molecule has 0 radical (unpaired) electrons. The summed E-state index contributed by atoms with van der Waals surface area (Å²) in [7, 11) is 1.99. The lowest BCUT2D eigenvalue weighted by molar-refractivity contribution is -0.243. The maximum absolute atomic E-state index is 13.1. The van der Waals surface area contributed by atoms with E-state index in [1.165, 1.54) is 0 Å². The number of aliphatic hydroxyl groups is 2. The number of carbonyl (C=O) groups excluding carboxylic acids is 2. The van der Waals surface area contributed by atoms with Crippen LogP contribution in [-0.4, -0.2) is 71.0 Å². The number of hydrogen-bond donors (Lipinski definition) is 3. The molecule has 5 fully saturated rings. The second-order valence-electron chi connectivity index (χ2n) is 13.4. The van der Waals surface area contributed by atoms with E-state index in [1.54, 1.807) is 6.08 Å². The molecule has 0 unspecified atom stereocenters. The van der Waals surface area contributed by atoms with Crippen LogP contribution in [0.3, 0.4) is 0 Å². The van der Waals surface area contributed by atoms with Gasteiger partial charge in [0.2, 0.25) is 5.91 Å². The van der Waals surface area contributed by atoms with E-state index >= 15 is 0 Å². The van der Waals surface area contributed by atoms with E-state index in [0.717, 1.165) is 63.5 Å². The molecule has 6 rings (SSSR count). The van der Waals surface area contributed by atoms with Crippen LogP contribution < -0.4 is 5.32 Å². The summed E-state index contributed by atoms with van der Waals surface area (Å²) >= 11 is 0. The Bertz CT molecular complexity index is 961. The van der Waals surface area contributed by atoms with E-state index in [-0.39, 0.29) is 47.1 Å². The highest BCUT2D eigenvalue weighted by molar-refractivity contribution is 5.85. The fourth-order valence-electron chi connectivity index (χ4n) is 10.0. The zero-order valence-electron chi connectivity index (χ0n) is 22.2. The van der Waals surface area contributed by atoms with Crippen LogP contribution in [0.25, 0.3) is 0 Å². The van der Waals surface area contributed by atoms with Gasteiger partial charge in [-0.25, -0.2) is 4.79 Å². The molecule has 0 aromatic heterocycles. The molecular weight excluding hydrogens is 456 g/mol. The van der Waals surface area contributed by atoms with Gasteiger partial charge in [0, 0.05) is 24.6 Å². The van der Waals surface area contributed by atoms with Crippen LogP contribution in [0, 0.1) is 34.5 Å². The number of ether oxygens (including phenoxy) is 1. The SMILES string of the molecule is CN(C(=O)[C@H]1CCCN1)[C@@H]1CC[C@]2(C)[C@H](CC[C@@H]3[C@H]2C[C@@H](O)[C@@]2(C)[C@@H](C4=CC(=O)OC4)CC[C@@]32O)C1. The number of likely N-dealkylation sites (N-methyl/N-ethyl adjacent to an activating group) is 1. The van der Waals surface area contributed by atoms with Gasteiger partial charge in [0.1, 0.15) is 6.61 Å². The monoisotopic (exact) mass is 500 g/mol. The number of carbonyl (C=O) groups is 2. The molecule has 1 amide bonds. The molecule has 2 aliphatic heterocycles. The summed E-state index contributed by atoms with van der Waals surface area (Å²) in [5.74, 6) is 0.865. The second-order valence-corrected chi connectivity index (χ2v) is 13.4. The molecule has 4 aliphatic carbocycles. The summed E-state index contributed by atoms with van der Waals surface area (Å²) in [6.45, 7) is 5.70. The predicted molar refractivity (Wildman–Crippen MR) is 135 cm³/mol. The zero-order chi connectivity index (χ0) is 25.5. The van der Waals surface area contributed by atoms with Gasteiger partial charge in [-0.15, -0.1) is 0 Å². The van der Waals surface area contributed by atoms with Crippen LogP contribution in [0.2, 0.25) is 0 Å². The Hall–Kier alpha value is -1.44. The summed E-state index contributed by atoms with van der Waals surface area (Å²) in [6.07, 6.45) is 10.3. The van der Waals surface area contributed by atoms with E-state index in [9.17, 15) is 19.8 Å². The standard InChI is InChI=1S/C29H44N2O5/c1-27-10-8-19(31(3)26(34)23-5-4-12-30-23)14-18(27)6-7-21-22(27)15-24(32)28(2)20(9-11-29(21,28)35)17-13-25(33)36-16-17/h13,18-24,30,32,35H,4-12,14-16H2,1-3H3/t18-,19-,20-,21-,22-,23-,24-,27-,28-,29-/m1/s1. The molecule has 36 heavy (non-hydrogen) atoms. The first kappa shape index (κ1) is 24.9. The van der Waals surface area contributed by atoms with Crippen molar-refractivity contribution in [1.82, 2.24) is 10.2 Å². The molecular formula is C29H44N2O5. The Morgan fingerprint density at radius 3 is 2.61 bits per heavy atom. The summed E-state index contributed by atoms with van der Waals surface area (Å²) in [4.78, 5) is 26.9. The van der Waals surface area contributed by atoms with Crippen LogP contribution in [0.5, 0.6) is 0 Å². The number of hydrogen-bond acceptors (Lipinski definition) is 6. The first-order chi connectivity index (χ1) is 17.1. The predicted octanol–water partition coefficient (Wildman–Crippen LogP) is 2.79. The number of esters is 1. The summed E-state index contributed by atoms with van der Waals surface area (Å²) in [6, 6.07) is 0.254. The van der Waals surface area contributed by atoms with Crippen molar-refractivity contribution in [3.63, 3.8) is 0 Å². The first-order valence-corrected chi connectivity index (χ1v) is 14.4. The molecule has 1 saturated heterocycles. The van der Waals surface area contributed by atoms with E-state index in [2.05, 4.69) is 19.2 Å². The molecule has 7 heteroatoms. The third kappa shape index (κ3) is 3.34. The number of aliphatic hydroxyl groups excluding tert-OH is 1. The zero-order valence-corrected chi connectivity index (χ0v) is 22.2. The average Bonchev–Trinajstić information content (AvgIpc) is 3.59. The normalized spacial score (nSPS) is 50.1. The van der Waals surface area contributed by atoms with Gasteiger partial charge in [-0.2, -0.15) is 0 Å². The van der Waals surface area contributed by atoms with E-state index < -0.39 is 17.1 Å². The van der Waals surface area contributed by atoms with Crippen LogP contribution in [0.1, 0.15) is 78.1 Å². The van der Waals surface area contributed by atoms with Crippen molar-refractivity contribution in [1.29, 1.82) is 0 Å². The summed E-state index contributed by atoms with van der Waals surface area (Å²) in [5.41, 5.74) is -0.578. The summed E-state index contributed by atoms with van der Waals surface area (Å²) in [5, 5.41) is 27.5. The van der Waals surface area contributed by atoms with Crippen molar-refractivity contribution in [3.8, 4) is 0 Å². The van der Waals surface area contributed by atoms with Gasteiger partial charge >= 0.3 is 5.97 Å². The van der Waals surface area contributed by atoms with Crippen molar-refractivity contribution in [2.24, 2.45) is 34.5 Å². The lowest BCUT2D eigenvalue weighted by Gasteiger charge is -2.65. The maximum atomic E-state index is 13.1. The highest BCUT2D eigenvalue weighted by atomic mass is 16.5. The highest BCUT2D eigenvalue weighted by Crippen LogP contribution is 2.70. The molecule has 0 spiro atoms. The molecule has 200 valence electrons. The maximum Gasteiger partial charge on any atom is 0.331 e. The molecule has 10 atom stereocenters. The smallest absolute Gasteiger partial charge is 0.331 e. The van der Waals surface area contributed by atoms with Gasteiger partial charge in [0.05, 0.1) is 17.7 Å². The quantitative estimate of drug-likeness (QED) is 0.516. The van der Waals surface area contributed by atoms with Gasteiger partial charge in [-0.3, -0.25) is 4.79 Å². The Kier molecular flexibility index (Phi) is 5.90. The number of cyclic esters (lactones) is 1. The van der Waals surface area contributed by atoms with Crippen LogP contribution >= 0.6 is 0 Å². The summed E-state index contributed by atoms with van der Waals surface area (Å²) < 4.78 is 5.22. The Morgan fingerprint density at radius 1 is 1.11 bits per heavy atom. The second kappa shape index (κ2) is 8.54. The molecule has 0 aromatic rings. The molecule has 2 heterocycles. The third-order valence-corrected chi connectivity index (χ3v) is 12.3. The molecule has 7 nitrogen and oxygen atoms in total. The van der Waals surface area contributed by atoms with Gasteiger partial charge in [0.15, 0.2) is 0 Å². The van der Waals surface area contributed by atoms with Crippen LogP contribution in [0.15, 0.2) is 11.6 Å². The molecule has 0 aromatic carbocycles. The largest absolute Gasteiger partial charge is 0.458 e. The van der Waals surface area contributed by atoms with E-state index in [0.29, 0.717) is 25.4 Å². The fourth-order valence-corrected chi connectivity index (χ4v) is 10.0. The van der Waals surface area contributed by atoms with E-state index in [1.807, 2.05) is 11.9 Å². The van der Waals surface area contributed by atoms with E-state index in [4.69, 9.17) is 4.74 Å². The topological polar surface area (TPSA) is 99.1 Å². The van der Waals surface area contributed by atoms with Crippen LogP contribution in [-0.2, 0) is 14.3 Å². The van der Waals surface area contributed by atoms with Gasteiger partial charge < -0.3 is 25.2 Å². The fraction of sp³-hybridized carbons (Fsp3) is 0.862. The molecule has 3 N–H and O–H groups in total. The van der Waals surface area contributed by atoms with Crippen LogP contribution in [0.4, 0.5) is 0 Å². The van der Waals surface area contributed by atoms with Gasteiger partial charge in [-0.1, -0.05) is 13.8 Å². The molecule has 0 bridgehead atoms. The number of fused-ring (bicyclic) bond motifs is 5. The Balaban J connectivity index is 1.22. The van der Waals surface area contributed by atoms with Crippen molar-refractivity contribution < 1.29 is 24.5 Å². The van der Waals surface area contributed by atoms with Crippen molar-refractivity contribution >= 4 is 11.9 Å². The van der Waals surface area contributed by atoms with Crippen molar-refractivity contribution in [3.05, 3.63) is 11.6 Å². The minimum atomic E-state index is -0.932. The molecule has 6 aliphatic rings. The van der Waals surface area contributed by atoms with Crippen molar-refractivity contribution in [2.45, 2.75) is 102 Å².